The fourth-order valence-corrected chi connectivity index (χ4v) is 1.03. The van der Waals surface area contributed by atoms with E-state index < -0.39 is 0 Å². The fourth-order valence-electron chi connectivity index (χ4n) is 1.03. The first-order chi connectivity index (χ1) is 4.33. The number of hydrogen-bond donors (Lipinski definition) is 0. The summed E-state index contributed by atoms with van der Waals surface area (Å²) < 4.78 is 10.7. The van der Waals surface area contributed by atoms with Gasteiger partial charge in [-0.05, 0) is 12.8 Å². The molecule has 0 aromatic rings. The van der Waals surface area contributed by atoms with Gasteiger partial charge in [-0.25, -0.2) is 0 Å². The topological polar surface area (TPSA) is 18.5 Å². The maximum atomic E-state index is 5.36. The molecule has 53 valence electrons. The molecule has 1 fully saturated rings. The van der Waals surface area contributed by atoms with Gasteiger partial charge in [-0.2, -0.15) is 0 Å². The van der Waals surface area contributed by atoms with Crippen LogP contribution in [-0.2, 0) is 9.47 Å². The molecule has 0 aromatic carbocycles. The highest BCUT2D eigenvalue weighted by atomic mass is 16.7. The molecule has 1 aliphatic rings. The van der Waals surface area contributed by atoms with E-state index in [1.54, 1.807) is 6.61 Å². The zero-order chi connectivity index (χ0) is 6.74. The molecule has 0 aliphatic carbocycles. The van der Waals surface area contributed by atoms with Crippen LogP contribution < -0.4 is 0 Å². The largest absolute Gasteiger partial charge is 0.347 e. The molecular formula is C7H13O2. The molecule has 0 atom stereocenters. The molecule has 1 aliphatic heterocycles. The Hall–Kier alpha value is -0.0800. The van der Waals surface area contributed by atoms with E-state index in [9.17, 15) is 0 Å². The van der Waals surface area contributed by atoms with Gasteiger partial charge in [0.05, 0.1) is 6.61 Å². The maximum Gasteiger partial charge on any atom is 0.168 e. The Balaban J connectivity index is 2.45. The van der Waals surface area contributed by atoms with Crippen molar-refractivity contribution >= 4 is 0 Å². The first-order valence-corrected chi connectivity index (χ1v) is 3.46. The van der Waals surface area contributed by atoms with Crippen LogP contribution in [0.1, 0.15) is 26.7 Å². The van der Waals surface area contributed by atoms with Gasteiger partial charge < -0.3 is 9.47 Å². The van der Waals surface area contributed by atoms with Gasteiger partial charge in [0.1, 0.15) is 6.61 Å². The van der Waals surface area contributed by atoms with E-state index in [0.717, 1.165) is 12.8 Å². The Labute approximate surface area is 56.2 Å². The van der Waals surface area contributed by atoms with Gasteiger partial charge in [-0.1, -0.05) is 13.8 Å². The normalized spacial score (nSPS) is 24.7. The van der Waals surface area contributed by atoms with Crippen LogP contribution in [0.25, 0.3) is 0 Å². The van der Waals surface area contributed by atoms with Gasteiger partial charge in [-0.15, -0.1) is 0 Å². The van der Waals surface area contributed by atoms with Crippen molar-refractivity contribution in [1.29, 1.82) is 0 Å². The molecule has 9 heavy (non-hydrogen) atoms. The highest BCUT2D eigenvalue weighted by molar-refractivity contribution is 4.74. The van der Waals surface area contributed by atoms with E-state index in [2.05, 4.69) is 13.8 Å². The third kappa shape index (κ3) is 1.25. The first-order valence-electron chi connectivity index (χ1n) is 3.46. The summed E-state index contributed by atoms with van der Waals surface area (Å²) in [4.78, 5) is 0. The smallest absolute Gasteiger partial charge is 0.168 e. The molecule has 0 aromatic heterocycles. The Bertz CT molecular complexity index is 78.9. The van der Waals surface area contributed by atoms with Crippen LogP contribution >= 0.6 is 0 Å². The Morgan fingerprint density at radius 2 is 2.11 bits per heavy atom. The summed E-state index contributed by atoms with van der Waals surface area (Å²) in [5.74, 6) is -0.278. The lowest BCUT2D eigenvalue weighted by atomic mass is 10.1. The molecule has 1 saturated heterocycles. The summed E-state index contributed by atoms with van der Waals surface area (Å²) in [6, 6.07) is 0. The molecule has 1 radical (unpaired) electrons. The highest BCUT2D eigenvalue weighted by Crippen LogP contribution is 2.27. The van der Waals surface area contributed by atoms with E-state index in [1.165, 1.54) is 0 Å². The maximum absolute atomic E-state index is 5.36. The molecular weight excluding hydrogens is 116 g/mol. The second kappa shape index (κ2) is 2.67. The van der Waals surface area contributed by atoms with Crippen LogP contribution in [0.2, 0.25) is 0 Å². The lowest BCUT2D eigenvalue weighted by Crippen LogP contribution is -2.27. The van der Waals surface area contributed by atoms with Crippen LogP contribution in [-0.4, -0.2) is 12.4 Å². The molecule has 2 nitrogen and oxygen atoms in total. The van der Waals surface area contributed by atoms with E-state index in [1.807, 2.05) is 0 Å². The number of ether oxygens (including phenoxy) is 2. The van der Waals surface area contributed by atoms with Crippen LogP contribution in [0.4, 0.5) is 0 Å². The third-order valence-corrected chi connectivity index (χ3v) is 1.79. The Morgan fingerprint density at radius 3 is 2.33 bits per heavy atom. The quantitative estimate of drug-likeness (QED) is 0.565. The molecule has 0 bridgehead atoms. The molecule has 0 saturated carbocycles. The molecule has 1 heterocycles. The lowest BCUT2D eigenvalue weighted by Gasteiger charge is -2.23. The van der Waals surface area contributed by atoms with Gasteiger partial charge >= 0.3 is 0 Å². The monoisotopic (exact) mass is 129 g/mol. The molecule has 1 rings (SSSR count). The van der Waals surface area contributed by atoms with Crippen LogP contribution in [0, 0.1) is 6.61 Å². The summed E-state index contributed by atoms with van der Waals surface area (Å²) in [6.45, 7) is 6.51. The van der Waals surface area contributed by atoms with Gasteiger partial charge in [0.25, 0.3) is 0 Å². The van der Waals surface area contributed by atoms with Gasteiger partial charge in [0, 0.05) is 0 Å². The van der Waals surface area contributed by atoms with Crippen molar-refractivity contribution in [1.82, 2.24) is 0 Å². The Morgan fingerprint density at radius 1 is 1.44 bits per heavy atom. The van der Waals surface area contributed by atoms with Crippen molar-refractivity contribution in [3.05, 3.63) is 6.61 Å². The predicted octanol–water partition coefficient (Wildman–Crippen LogP) is 1.71. The van der Waals surface area contributed by atoms with Crippen molar-refractivity contribution < 1.29 is 9.47 Å². The van der Waals surface area contributed by atoms with Crippen LogP contribution in [0.5, 0.6) is 0 Å². The van der Waals surface area contributed by atoms with E-state index in [0.29, 0.717) is 6.61 Å². The van der Waals surface area contributed by atoms with Crippen molar-refractivity contribution in [3.63, 3.8) is 0 Å². The highest BCUT2D eigenvalue weighted by Gasteiger charge is 2.32. The average molecular weight is 129 g/mol. The zero-order valence-corrected chi connectivity index (χ0v) is 6.02. The number of hydrogen-bond acceptors (Lipinski definition) is 2. The van der Waals surface area contributed by atoms with Crippen LogP contribution in [0.15, 0.2) is 0 Å². The molecule has 2 heteroatoms. The Kier molecular flexibility index (Phi) is 2.09. The zero-order valence-electron chi connectivity index (χ0n) is 6.02. The summed E-state index contributed by atoms with van der Waals surface area (Å²) >= 11 is 0. The second-order valence-corrected chi connectivity index (χ2v) is 2.21. The minimum atomic E-state index is -0.278. The molecule has 0 N–H and O–H groups in total. The lowest BCUT2D eigenvalue weighted by molar-refractivity contribution is -0.153. The van der Waals surface area contributed by atoms with Gasteiger partial charge in [0.2, 0.25) is 0 Å². The third-order valence-electron chi connectivity index (χ3n) is 1.79. The minimum absolute atomic E-state index is 0.278. The summed E-state index contributed by atoms with van der Waals surface area (Å²) in [6.07, 6.45) is 1.86. The predicted molar refractivity (Wildman–Crippen MR) is 34.6 cm³/mol. The van der Waals surface area contributed by atoms with Crippen molar-refractivity contribution in [3.8, 4) is 0 Å². The molecule has 0 amide bonds. The van der Waals surface area contributed by atoms with E-state index >= 15 is 0 Å². The summed E-state index contributed by atoms with van der Waals surface area (Å²) in [5.41, 5.74) is 0. The minimum Gasteiger partial charge on any atom is -0.347 e. The van der Waals surface area contributed by atoms with Crippen LogP contribution in [0.3, 0.4) is 0 Å². The summed E-state index contributed by atoms with van der Waals surface area (Å²) in [5, 5.41) is 0. The van der Waals surface area contributed by atoms with Crippen molar-refractivity contribution in [2.75, 3.05) is 6.61 Å². The van der Waals surface area contributed by atoms with Gasteiger partial charge in [0.15, 0.2) is 5.79 Å². The number of rotatable bonds is 2. The summed E-state index contributed by atoms with van der Waals surface area (Å²) in [7, 11) is 0. The molecule has 0 unspecified atom stereocenters. The fraction of sp³-hybridized carbons (Fsp3) is 0.857. The van der Waals surface area contributed by atoms with Crippen molar-refractivity contribution in [2.45, 2.75) is 32.5 Å². The second-order valence-electron chi connectivity index (χ2n) is 2.21. The van der Waals surface area contributed by atoms with E-state index in [-0.39, 0.29) is 5.79 Å². The standard InChI is InChI=1S/C7H13O2/c1-3-7(4-2)8-5-6-9-7/h5H,3-4,6H2,1-2H3. The van der Waals surface area contributed by atoms with Gasteiger partial charge in [-0.3, -0.25) is 0 Å². The van der Waals surface area contributed by atoms with E-state index in [4.69, 9.17) is 9.47 Å². The first kappa shape index (κ1) is 7.03. The molecule has 0 spiro atoms. The SMILES string of the molecule is CCC1(CC)O[CH]CO1. The average Bonchev–Trinajstić information content (AvgIpc) is 2.36. The van der Waals surface area contributed by atoms with Crippen molar-refractivity contribution in [2.24, 2.45) is 0 Å².